The van der Waals surface area contributed by atoms with E-state index in [-0.39, 0.29) is 5.91 Å². The predicted octanol–water partition coefficient (Wildman–Crippen LogP) is 3.38. The summed E-state index contributed by atoms with van der Waals surface area (Å²) in [4.78, 5) is 23.9. The highest BCUT2D eigenvalue weighted by atomic mass is 32.2. The van der Waals surface area contributed by atoms with E-state index in [1.165, 1.54) is 4.90 Å². The molecule has 0 aliphatic heterocycles. The lowest BCUT2D eigenvalue weighted by molar-refractivity contribution is 0.0985. The Labute approximate surface area is 145 Å². The van der Waals surface area contributed by atoms with Crippen LogP contribution in [0.1, 0.15) is 16.3 Å². The third-order valence-electron chi connectivity index (χ3n) is 3.75. The second kappa shape index (κ2) is 7.31. The predicted molar refractivity (Wildman–Crippen MR) is 96.2 cm³/mol. The second-order valence-corrected chi connectivity index (χ2v) is 6.34. The van der Waals surface area contributed by atoms with Gasteiger partial charge in [0.2, 0.25) is 0 Å². The summed E-state index contributed by atoms with van der Waals surface area (Å²) >= 11 is 1.70. The van der Waals surface area contributed by atoms with Crippen molar-refractivity contribution in [1.29, 1.82) is 0 Å². The number of imidazole rings is 1. The summed E-state index contributed by atoms with van der Waals surface area (Å²) in [6.45, 7) is 0. The summed E-state index contributed by atoms with van der Waals surface area (Å²) in [5, 5.41) is 0. The van der Waals surface area contributed by atoms with E-state index in [1.807, 2.05) is 41.9 Å². The molecule has 0 saturated carbocycles. The van der Waals surface area contributed by atoms with Gasteiger partial charge in [0.1, 0.15) is 11.5 Å². The van der Waals surface area contributed by atoms with Gasteiger partial charge in [0.15, 0.2) is 0 Å². The number of nitrogens with zero attached hydrogens (tertiary/aromatic N) is 4. The van der Waals surface area contributed by atoms with Gasteiger partial charge in [-0.05, 0) is 24.3 Å². The summed E-state index contributed by atoms with van der Waals surface area (Å²) in [5.74, 6) is 1.48. The van der Waals surface area contributed by atoms with E-state index in [0.29, 0.717) is 11.4 Å². The van der Waals surface area contributed by atoms with Crippen LogP contribution in [0, 0.1) is 0 Å². The quantitative estimate of drug-likeness (QED) is 0.669. The maximum absolute atomic E-state index is 12.7. The molecule has 0 fully saturated rings. The van der Waals surface area contributed by atoms with Crippen LogP contribution >= 0.6 is 11.8 Å². The molecule has 0 atom stereocenters. The SMILES string of the molecule is CN(C(=O)c1cnc(CSc2ccccc2)n1C)c1cccnc1. The smallest absolute Gasteiger partial charge is 0.276 e. The molecule has 5 nitrogen and oxygen atoms in total. The Hall–Kier alpha value is -2.60. The topological polar surface area (TPSA) is 51.0 Å². The summed E-state index contributed by atoms with van der Waals surface area (Å²) in [7, 11) is 3.61. The number of thioether (sulfide) groups is 1. The van der Waals surface area contributed by atoms with Crippen molar-refractivity contribution in [3.63, 3.8) is 0 Å². The molecule has 3 aromatic rings. The number of carbonyl (C=O) groups excluding carboxylic acids is 1. The van der Waals surface area contributed by atoms with Crippen molar-refractivity contribution in [1.82, 2.24) is 14.5 Å². The molecule has 0 spiro atoms. The lowest BCUT2D eigenvalue weighted by atomic mass is 10.3. The molecule has 0 saturated heterocycles. The van der Waals surface area contributed by atoms with E-state index in [9.17, 15) is 4.79 Å². The van der Waals surface area contributed by atoms with Crippen LogP contribution in [0.15, 0.2) is 66.0 Å². The summed E-state index contributed by atoms with van der Waals surface area (Å²) < 4.78 is 1.85. The molecule has 3 rings (SSSR count). The third kappa shape index (κ3) is 3.49. The Balaban J connectivity index is 1.73. The Morgan fingerprint density at radius 1 is 1.17 bits per heavy atom. The first-order chi connectivity index (χ1) is 11.7. The van der Waals surface area contributed by atoms with Gasteiger partial charge in [-0.1, -0.05) is 18.2 Å². The van der Waals surface area contributed by atoms with E-state index in [0.717, 1.165) is 11.5 Å². The molecule has 0 aliphatic carbocycles. The van der Waals surface area contributed by atoms with Gasteiger partial charge in [0.05, 0.1) is 23.8 Å². The van der Waals surface area contributed by atoms with Crippen molar-refractivity contribution < 1.29 is 4.79 Å². The van der Waals surface area contributed by atoms with Gasteiger partial charge in [-0.2, -0.15) is 0 Å². The van der Waals surface area contributed by atoms with E-state index in [1.54, 1.807) is 42.3 Å². The van der Waals surface area contributed by atoms with E-state index in [4.69, 9.17) is 0 Å². The standard InChI is InChI=1S/C18H18N4OS/c1-21(14-7-6-10-19-11-14)18(23)16-12-20-17(22(16)2)13-24-15-8-4-3-5-9-15/h3-12H,13H2,1-2H3. The van der Waals surface area contributed by atoms with Gasteiger partial charge in [-0.25, -0.2) is 4.98 Å². The van der Waals surface area contributed by atoms with Gasteiger partial charge in [-0.3, -0.25) is 9.78 Å². The molecule has 1 amide bonds. The maximum atomic E-state index is 12.7. The van der Waals surface area contributed by atoms with E-state index in [2.05, 4.69) is 22.1 Å². The molecule has 2 heterocycles. The number of amides is 1. The molecule has 0 N–H and O–H groups in total. The molecule has 122 valence electrons. The minimum atomic E-state index is -0.103. The summed E-state index contributed by atoms with van der Waals surface area (Å²) in [5.41, 5.74) is 1.31. The molecular weight excluding hydrogens is 320 g/mol. The Morgan fingerprint density at radius 3 is 2.67 bits per heavy atom. The first-order valence-corrected chi connectivity index (χ1v) is 8.52. The molecule has 6 heteroatoms. The van der Waals surface area contributed by atoms with Crippen molar-refractivity contribution in [3.05, 3.63) is 72.6 Å². The minimum absolute atomic E-state index is 0.103. The van der Waals surface area contributed by atoms with Gasteiger partial charge < -0.3 is 9.47 Å². The zero-order valence-corrected chi connectivity index (χ0v) is 14.4. The van der Waals surface area contributed by atoms with Crippen LogP contribution in [0.4, 0.5) is 5.69 Å². The van der Waals surface area contributed by atoms with Crippen LogP contribution in [0.25, 0.3) is 0 Å². The molecular formula is C18H18N4OS. The van der Waals surface area contributed by atoms with Crippen LogP contribution in [0.5, 0.6) is 0 Å². The highest BCUT2D eigenvalue weighted by Crippen LogP contribution is 2.22. The average Bonchev–Trinajstić information content (AvgIpc) is 3.01. The highest BCUT2D eigenvalue weighted by molar-refractivity contribution is 7.98. The third-order valence-corrected chi connectivity index (χ3v) is 4.76. The molecule has 0 unspecified atom stereocenters. The molecule has 0 radical (unpaired) electrons. The Morgan fingerprint density at radius 2 is 1.96 bits per heavy atom. The van der Waals surface area contributed by atoms with Crippen molar-refractivity contribution in [2.45, 2.75) is 10.6 Å². The number of pyridine rings is 1. The summed E-state index contributed by atoms with van der Waals surface area (Å²) in [6, 6.07) is 13.8. The highest BCUT2D eigenvalue weighted by Gasteiger charge is 2.19. The number of benzene rings is 1. The van der Waals surface area contributed by atoms with Gasteiger partial charge in [0.25, 0.3) is 5.91 Å². The fourth-order valence-corrected chi connectivity index (χ4v) is 3.20. The largest absolute Gasteiger partial charge is 0.326 e. The second-order valence-electron chi connectivity index (χ2n) is 5.30. The van der Waals surface area contributed by atoms with Crippen LogP contribution in [-0.2, 0) is 12.8 Å². The number of hydrogen-bond donors (Lipinski definition) is 0. The Bertz CT molecular complexity index is 818. The lowest BCUT2D eigenvalue weighted by Gasteiger charge is -2.17. The van der Waals surface area contributed by atoms with E-state index >= 15 is 0 Å². The number of anilines is 1. The fourth-order valence-electron chi connectivity index (χ4n) is 2.29. The van der Waals surface area contributed by atoms with Crippen molar-refractivity contribution in [2.24, 2.45) is 7.05 Å². The molecule has 0 bridgehead atoms. The summed E-state index contributed by atoms with van der Waals surface area (Å²) in [6.07, 6.45) is 4.99. The lowest BCUT2D eigenvalue weighted by Crippen LogP contribution is -2.28. The molecule has 1 aromatic carbocycles. The van der Waals surface area contributed by atoms with Crippen molar-refractivity contribution in [3.8, 4) is 0 Å². The molecule has 2 aromatic heterocycles. The number of rotatable bonds is 5. The van der Waals surface area contributed by atoms with Crippen molar-refractivity contribution in [2.75, 3.05) is 11.9 Å². The zero-order valence-electron chi connectivity index (χ0n) is 13.6. The van der Waals surface area contributed by atoms with Gasteiger partial charge >= 0.3 is 0 Å². The Kier molecular flexibility index (Phi) is 4.96. The van der Waals surface area contributed by atoms with E-state index < -0.39 is 0 Å². The van der Waals surface area contributed by atoms with Crippen LogP contribution in [0.2, 0.25) is 0 Å². The molecule has 24 heavy (non-hydrogen) atoms. The molecule has 0 aliphatic rings. The van der Waals surface area contributed by atoms with Gasteiger partial charge in [-0.15, -0.1) is 11.8 Å². The first kappa shape index (κ1) is 16.3. The van der Waals surface area contributed by atoms with Crippen LogP contribution in [-0.4, -0.2) is 27.5 Å². The number of aromatic nitrogens is 3. The van der Waals surface area contributed by atoms with Crippen LogP contribution in [0.3, 0.4) is 0 Å². The zero-order chi connectivity index (χ0) is 16.9. The average molecular weight is 338 g/mol. The fraction of sp³-hybridized carbons (Fsp3) is 0.167. The normalized spacial score (nSPS) is 10.6. The monoisotopic (exact) mass is 338 g/mol. The maximum Gasteiger partial charge on any atom is 0.276 e. The number of hydrogen-bond acceptors (Lipinski definition) is 4. The van der Waals surface area contributed by atoms with Gasteiger partial charge in [0, 0.05) is 25.2 Å². The first-order valence-electron chi connectivity index (χ1n) is 7.53. The number of carbonyl (C=O) groups is 1. The van der Waals surface area contributed by atoms with Crippen molar-refractivity contribution >= 4 is 23.4 Å². The minimum Gasteiger partial charge on any atom is -0.326 e. The van der Waals surface area contributed by atoms with Crippen LogP contribution < -0.4 is 4.90 Å².